The first kappa shape index (κ1) is 15.7. The average molecular weight is 285 g/mol. The predicted octanol–water partition coefficient (Wildman–Crippen LogP) is 1.30. The van der Waals surface area contributed by atoms with Crippen molar-refractivity contribution in [3.05, 3.63) is 29.8 Å². The largest absolute Gasteiger partial charge is 0.469 e. The minimum Gasteiger partial charge on any atom is -0.469 e. The maximum Gasteiger partial charge on any atom is 0.306 e. The molecule has 0 radical (unpaired) electrons. The van der Waals surface area contributed by atoms with Gasteiger partial charge in [-0.05, 0) is 24.6 Å². The fraction of sp³-hybridized carbons (Fsp3) is 0.462. The van der Waals surface area contributed by atoms with Crippen molar-refractivity contribution in [3.8, 4) is 0 Å². The zero-order valence-electron chi connectivity index (χ0n) is 11.3. The zero-order valence-corrected chi connectivity index (χ0v) is 12.2. The molecule has 0 aliphatic heterocycles. The molecule has 0 saturated carbocycles. The van der Waals surface area contributed by atoms with Crippen LogP contribution in [0.25, 0.3) is 0 Å². The Morgan fingerprint density at radius 1 is 1.32 bits per heavy atom. The number of esters is 1. The van der Waals surface area contributed by atoms with Crippen LogP contribution in [0.3, 0.4) is 0 Å². The van der Waals surface area contributed by atoms with Crippen LogP contribution in [0, 0.1) is 0 Å². The maximum atomic E-state index is 11.3. The van der Waals surface area contributed by atoms with Crippen molar-refractivity contribution >= 4 is 15.8 Å². The molecule has 1 aromatic rings. The summed E-state index contributed by atoms with van der Waals surface area (Å²) in [6.45, 7) is 2.47. The number of hydrogen-bond acceptors (Lipinski definition) is 5. The summed E-state index contributed by atoms with van der Waals surface area (Å²) in [5, 5.41) is 3.17. The predicted molar refractivity (Wildman–Crippen MR) is 72.6 cm³/mol. The summed E-state index contributed by atoms with van der Waals surface area (Å²) in [6.07, 6.45) is 1.49. The molecule has 19 heavy (non-hydrogen) atoms. The van der Waals surface area contributed by atoms with Gasteiger partial charge in [-0.15, -0.1) is 0 Å². The van der Waals surface area contributed by atoms with E-state index in [0.29, 0.717) is 17.9 Å². The van der Waals surface area contributed by atoms with Crippen LogP contribution in [0.5, 0.6) is 0 Å². The molecule has 6 heteroatoms. The molecular formula is C13H19NO4S. The second-order valence-corrected chi connectivity index (χ2v) is 6.36. The molecule has 1 aromatic carbocycles. The Bertz CT molecular complexity index is 522. The molecule has 0 bridgehead atoms. The second kappa shape index (κ2) is 6.68. The van der Waals surface area contributed by atoms with Crippen molar-refractivity contribution in [1.29, 1.82) is 0 Å². The van der Waals surface area contributed by atoms with E-state index in [4.69, 9.17) is 0 Å². The van der Waals surface area contributed by atoms with Crippen molar-refractivity contribution in [2.75, 3.05) is 19.9 Å². The highest BCUT2D eigenvalue weighted by Crippen LogP contribution is 2.16. The monoisotopic (exact) mass is 285 g/mol. The Hall–Kier alpha value is -1.40. The fourth-order valence-corrected chi connectivity index (χ4v) is 2.24. The van der Waals surface area contributed by atoms with Gasteiger partial charge in [0.25, 0.3) is 0 Å². The van der Waals surface area contributed by atoms with Crippen LogP contribution in [0.15, 0.2) is 29.2 Å². The summed E-state index contributed by atoms with van der Waals surface area (Å²) < 4.78 is 27.2. The maximum absolute atomic E-state index is 11.3. The van der Waals surface area contributed by atoms with Crippen molar-refractivity contribution in [2.45, 2.75) is 24.3 Å². The highest BCUT2D eigenvalue weighted by molar-refractivity contribution is 7.90. The highest BCUT2D eigenvalue weighted by atomic mass is 32.2. The van der Waals surface area contributed by atoms with E-state index >= 15 is 0 Å². The van der Waals surface area contributed by atoms with Gasteiger partial charge in [-0.2, -0.15) is 0 Å². The number of carbonyl (C=O) groups is 1. The SMILES string of the molecule is COC(=O)CCNC(C)c1ccc(S(C)(=O)=O)cc1. The van der Waals surface area contributed by atoms with Crippen LogP contribution >= 0.6 is 0 Å². The first-order valence-corrected chi connectivity index (χ1v) is 7.84. The van der Waals surface area contributed by atoms with Crippen molar-refractivity contribution in [2.24, 2.45) is 0 Å². The molecule has 0 aliphatic rings. The van der Waals surface area contributed by atoms with Crippen LogP contribution in [0.1, 0.15) is 24.9 Å². The summed E-state index contributed by atoms with van der Waals surface area (Å²) in [5.74, 6) is -0.257. The Labute approximate surface area is 113 Å². The molecule has 106 valence electrons. The quantitative estimate of drug-likeness (QED) is 0.798. The van der Waals surface area contributed by atoms with E-state index < -0.39 is 9.84 Å². The van der Waals surface area contributed by atoms with E-state index in [9.17, 15) is 13.2 Å². The first-order valence-electron chi connectivity index (χ1n) is 5.95. The van der Waals surface area contributed by atoms with Gasteiger partial charge in [-0.3, -0.25) is 4.79 Å². The molecule has 5 nitrogen and oxygen atoms in total. The lowest BCUT2D eigenvalue weighted by molar-refractivity contribution is -0.140. The van der Waals surface area contributed by atoms with Gasteiger partial charge < -0.3 is 10.1 Å². The van der Waals surface area contributed by atoms with Crippen molar-refractivity contribution in [3.63, 3.8) is 0 Å². The van der Waals surface area contributed by atoms with Crippen LogP contribution in [-0.2, 0) is 19.4 Å². The van der Waals surface area contributed by atoms with Crippen molar-refractivity contribution in [1.82, 2.24) is 5.32 Å². The Balaban J connectivity index is 2.58. The van der Waals surface area contributed by atoms with Gasteiger partial charge in [-0.25, -0.2) is 8.42 Å². The van der Waals surface area contributed by atoms with E-state index in [1.807, 2.05) is 6.92 Å². The fourth-order valence-electron chi connectivity index (χ4n) is 1.61. The molecule has 0 saturated heterocycles. The number of sulfone groups is 1. The molecule has 1 rings (SSSR count). The molecule has 0 aromatic heterocycles. The van der Waals surface area contributed by atoms with E-state index in [0.717, 1.165) is 5.56 Å². The number of carbonyl (C=O) groups excluding carboxylic acids is 1. The van der Waals surface area contributed by atoms with Crippen LogP contribution < -0.4 is 5.32 Å². The normalized spacial score (nSPS) is 13.0. The van der Waals surface area contributed by atoms with Gasteiger partial charge in [0.05, 0.1) is 18.4 Å². The standard InChI is InChI=1S/C13H19NO4S/c1-10(14-9-8-13(15)18-2)11-4-6-12(7-5-11)19(3,16)17/h4-7,10,14H,8-9H2,1-3H3. The third-order valence-electron chi connectivity index (χ3n) is 2.82. The van der Waals surface area contributed by atoms with E-state index in [-0.39, 0.29) is 12.0 Å². The van der Waals surface area contributed by atoms with Gasteiger partial charge in [0.2, 0.25) is 0 Å². The number of hydrogen-bond donors (Lipinski definition) is 1. The van der Waals surface area contributed by atoms with Gasteiger partial charge >= 0.3 is 5.97 Å². The van der Waals surface area contributed by atoms with Gasteiger partial charge in [0.1, 0.15) is 0 Å². The number of ether oxygens (including phenoxy) is 1. The Morgan fingerprint density at radius 3 is 2.37 bits per heavy atom. The summed E-state index contributed by atoms with van der Waals surface area (Å²) in [4.78, 5) is 11.3. The molecule has 1 atom stereocenters. The van der Waals surface area contributed by atoms with Crippen LogP contribution in [0.4, 0.5) is 0 Å². The van der Waals surface area contributed by atoms with E-state index in [1.165, 1.54) is 13.4 Å². The summed E-state index contributed by atoms with van der Waals surface area (Å²) in [7, 11) is -1.80. The Morgan fingerprint density at radius 2 is 1.89 bits per heavy atom. The third-order valence-corrected chi connectivity index (χ3v) is 3.94. The third kappa shape index (κ3) is 5.00. The zero-order chi connectivity index (χ0) is 14.5. The first-order chi connectivity index (χ1) is 8.84. The lowest BCUT2D eigenvalue weighted by atomic mass is 10.1. The van der Waals surface area contributed by atoms with Crippen molar-refractivity contribution < 1.29 is 17.9 Å². The average Bonchev–Trinajstić information content (AvgIpc) is 2.37. The smallest absolute Gasteiger partial charge is 0.306 e. The molecular weight excluding hydrogens is 266 g/mol. The minimum atomic E-state index is -3.16. The second-order valence-electron chi connectivity index (χ2n) is 4.34. The van der Waals surface area contributed by atoms with E-state index in [2.05, 4.69) is 10.1 Å². The van der Waals surface area contributed by atoms with Gasteiger partial charge in [0.15, 0.2) is 9.84 Å². The molecule has 0 fully saturated rings. The molecule has 0 amide bonds. The number of rotatable bonds is 6. The molecule has 0 aliphatic carbocycles. The molecule has 0 spiro atoms. The lowest BCUT2D eigenvalue weighted by Crippen LogP contribution is -2.22. The number of nitrogens with one attached hydrogen (secondary N) is 1. The topological polar surface area (TPSA) is 72.5 Å². The summed E-state index contributed by atoms with van der Waals surface area (Å²) >= 11 is 0. The summed E-state index contributed by atoms with van der Waals surface area (Å²) in [6, 6.07) is 6.75. The van der Waals surface area contributed by atoms with Crippen LogP contribution in [0.2, 0.25) is 0 Å². The highest BCUT2D eigenvalue weighted by Gasteiger charge is 2.09. The molecule has 0 heterocycles. The van der Waals surface area contributed by atoms with Crippen LogP contribution in [-0.4, -0.2) is 34.3 Å². The van der Waals surface area contributed by atoms with E-state index in [1.54, 1.807) is 24.3 Å². The van der Waals surface area contributed by atoms with Gasteiger partial charge in [-0.1, -0.05) is 12.1 Å². The molecule has 1 N–H and O–H groups in total. The lowest BCUT2D eigenvalue weighted by Gasteiger charge is -2.14. The number of benzene rings is 1. The molecule has 1 unspecified atom stereocenters. The Kier molecular flexibility index (Phi) is 5.50. The summed E-state index contributed by atoms with van der Waals surface area (Å²) in [5.41, 5.74) is 0.970. The number of methoxy groups -OCH3 is 1. The minimum absolute atomic E-state index is 0.0401. The van der Waals surface area contributed by atoms with Gasteiger partial charge in [0, 0.05) is 18.8 Å².